The number of anilines is 1. The predicted molar refractivity (Wildman–Crippen MR) is 114 cm³/mol. The van der Waals surface area contributed by atoms with Crippen molar-refractivity contribution in [1.29, 1.82) is 0 Å². The molecule has 2 aromatic rings. The van der Waals surface area contributed by atoms with E-state index in [4.69, 9.17) is 11.6 Å². The fraction of sp³-hybridized carbons (Fsp3) is 0.409. The van der Waals surface area contributed by atoms with Crippen molar-refractivity contribution in [3.8, 4) is 0 Å². The van der Waals surface area contributed by atoms with Crippen molar-refractivity contribution in [3.05, 3.63) is 63.1 Å². The number of benzene rings is 2. The largest absolute Gasteiger partial charge is 0.309 e. The molecule has 0 spiro atoms. The van der Waals surface area contributed by atoms with Crippen LogP contribution in [0.5, 0.6) is 0 Å². The van der Waals surface area contributed by atoms with Gasteiger partial charge in [-0.2, -0.15) is 0 Å². The van der Waals surface area contributed by atoms with E-state index in [1.54, 1.807) is 0 Å². The lowest BCUT2D eigenvalue weighted by Gasteiger charge is -2.35. The SMILES string of the molecule is C[C@@H]1Cc2cc(Br)ccc2N1C(=O)[C@@H]1CCCN(Cc2ccc(Cl)cc2)C1. The highest BCUT2D eigenvalue weighted by Gasteiger charge is 2.36. The lowest BCUT2D eigenvalue weighted by atomic mass is 9.95. The van der Waals surface area contributed by atoms with Crippen LogP contribution in [0.25, 0.3) is 0 Å². The van der Waals surface area contributed by atoms with Crippen LogP contribution in [0.3, 0.4) is 0 Å². The first kappa shape index (κ1) is 19.0. The summed E-state index contributed by atoms with van der Waals surface area (Å²) in [6, 6.07) is 14.5. The fourth-order valence-corrected chi connectivity index (χ4v) is 4.92. The molecule has 1 fully saturated rings. The quantitative estimate of drug-likeness (QED) is 0.638. The van der Waals surface area contributed by atoms with Gasteiger partial charge in [-0.05, 0) is 74.2 Å². The summed E-state index contributed by atoms with van der Waals surface area (Å²) < 4.78 is 1.08. The van der Waals surface area contributed by atoms with E-state index < -0.39 is 0 Å². The van der Waals surface area contributed by atoms with Gasteiger partial charge in [-0.25, -0.2) is 0 Å². The molecule has 27 heavy (non-hydrogen) atoms. The van der Waals surface area contributed by atoms with Crippen molar-refractivity contribution in [2.45, 2.75) is 38.8 Å². The van der Waals surface area contributed by atoms with Crippen molar-refractivity contribution in [2.24, 2.45) is 5.92 Å². The summed E-state index contributed by atoms with van der Waals surface area (Å²) in [4.78, 5) is 17.8. The van der Waals surface area contributed by atoms with E-state index in [-0.39, 0.29) is 17.9 Å². The lowest BCUT2D eigenvalue weighted by molar-refractivity contribution is -0.124. The molecule has 1 saturated heterocycles. The summed E-state index contributed by atoms with van der Waals surface area (Å²) in [6.07, 6.45) is 2.98. The molecule has 5 heteroatoms. The molecule has 0 saturated carbocycles. The van der Waals surface area contributed by atoms with Gasteiger partial charge in [0.2, 0.25) is 5.91 Å². The van der Waals surface area contributed by atoms with E-state index >= 15 is 0 Å². The number of halogens is 2. The van der Waals surface area contributed by atoms with Gasteiger partial charge in [0, 0.05) is 34.3 Å². The number of rotatable bonds is 3. The highest BCUT2D eigenvalue weighted by atomic mass is 79.9. The van der Waals surface area contributed by atoms with E-state index in [0.29, 0.717) is 0 Å². The maximum absolute atomic E-state index is 13.4. The molecule has 2 aliphatic rings. The van der Waals surface area contributed by atoms with Crippen LogP contribution in [0.4, 0.5) is 5.69 Å². The first-order valence-corrected chi connectivity index (χ1v) is 10.8. The van der Waals surface area contributed by atoms with Gasteiger partial charge in [-0.15, -0.1) is 0 Å². The molecule has 1 amide bonds. The van der Waals surface area contributed by atoms with Gasteiger partial charge >= 0.3 is 0 Å². The first-order valence-electron chi connectivity index (χ1n) is 9.59. The molecule has 2 aliphatic heterocycles. The highest BCUT2D eigenvalue weighted by Crippen LogP contribution is 2.36. The van der Waals surface area contributed by atoms with E-state index in [1.807, 2.05) is 23.1 Å². The van der Waals surface area contributed by atoms with Crippen LogP contribution in [-0.4, -0.2) is 29.9 Å². The maximum atomic E-state index is 13.4. The van der Waals surface area contributed by atoms with Crippen molar-refractivity contribution in [3.63, 3.8) is 0 Å². The standard InChI is InChI=1S/C22H24BrClN2O/c1-15-11-18-12-19(23)6-9-21(18)26(15)22(27)17-3-2-10-25(14-17)13-16-4-7-20(24)8-5-16/h4-9,12,15,17H,2-3,10-11,13-14H2,1H3/t15-,17-/m1/s1. The minimum absolute atomic E-state index is 0.0723. The highest BCUT2D eigenvalue weighted by molar-refractivity contribution is 9.10. The Balaban J connectivity index is 1.47. The molecule has 0 radical (unpaired) electrons. The van der Waals surface area contributed by atoms with Crippen LogP contribution in [-0.2, 0) is 17.8 Å². The van der Waals surface area contributed by atoms with Gasteiger partial charge in [0.1, 0.15) is 0 Å². The fourth-order valence-electron chi connectivity index (χ4n) is 4.38. The Hall–Kier alpha value is -1.36. The van der Waals surface area contributed by atoms with E-state index in [1.165, 1.54) is 11.1 Å². The second kappa shape index (κ2) is 7.94. The van der Waals surface area contributed by atoms with E-state index in [0.717, 1.165) is 54.1 Å². The number of fused-ring (bicyclic) bond motifs is 1. The Labute approximate surface area is 174 Å². The minimum Gasteiger partial charge on any atom is -0.309 e. The molecule has 2 atom stereocenters. The van der Waals surface area contributed by atoms with Gasteiger partial charge in [0.05, 0.1) is 5.92 Å². The van der Waals surface area contributed by atoms with Crippen LogP contribution in [0.15, 0.2) is 46.9 Å². The first-order chi connectivity index (χ1) is 13.0. The molecule has 2 heterocycles. The van der Waals surface area contributed by atoms with Crippen LogP contribution in [0.1, 0.15) is 30.9 Å². The molecule has 0 N–H and O–H groups in total. The zero-order valence-corrected chi connectivity index (χ0v) is 17.8. The Bertz CT molecular complexity index is 839. The molecule has 4 rings (SSSR count). The number of hydrogen-bond donors (Lipinski definition) is 0. The van der Waals surface area contributed by atoms with E-state index in [9.17, 15) is 4.79 Å². The van der Waals surface area contributed by atoms with Gasteiger partial charge in [-0.1, -0.05) is 39.7 Å². The third-order valence-corrected chi connectivity index (χ3v) is 6.41. The summed E-state index contributed by atoms with van der Waals surface area (Å²) in [5.74, 6) is 0.354. The maximum Gasteiger partial charge on any atom is 0.231 e. The van der Waals surface area contributed by atoms with Crippen molar-refractivity contribution < 1.29 is 4.79 Å². The Morgan fingerprint density at radius 2 is 2.00 bits per heavy atom. The number of carbonyl (C=O) groups excluding carboxylic acids is 1. The number of nitrogens with zero attached hydrogens (tertiary/aromatic N) is 2. The molecule has 3 nitrogen and oxygen atoms in total. The van der Waals surface area contributed by atoms with Crippen LogP contribution in [0.2, 0.25) is 5.02 Å². The number of carbonyl (C=O) groups is 1. The van der Waals surface area contributed by atoms with Gasteiger partial charge in [0.25, 0.3) is 0 Å². The normalized spacial score (nSPS) is 22.7. The molecule has 0 aromatic heterocycles. The summed E-state index contributed by atoms with van der Waals surface area (Å²) in [5, 5.41) is 0.763. The van der Waals surface area contributed by atoms with E-state index in [2.05, 4.69) is 52.0 Å². The minimum atomic E-state index is 0.0723. The molecular formula is C22H24BrClN2O. The molecule has 0 bridgehead atoms. The molecule has 2 aromatic carbocycles. The summed E-state index contributed by atoms with van der Waals surface area (Å²) in [6.45, 7) is 4.90. The van der Waals surface area contributed by atoms with Crippen LogP contribution >= 0.6 is 27.5 Å². The Morgan fingerprint density at radius 3 is 2.78 bits per heavy atom. The van der Waals surface area contributed by atoms with Gasteiger partial charge in [-0.3, -0.25) is 9.69 Å². The summed E-state index contributed by atoms with van der Waals surface area (Å²) in [5.41, 5.74) is 3.60. The average molecular weight is 448 g/mol. The van der Waals surface area contributed by atoms with Crippen molar-refractivity contribution in [1.82, 2.24) is 4.90 Å². The third kappa shape index (κ3) is 4.08. The summed E-state index contributed by atoms with van der Waals surface area (Å²) >= 11 is 9.53. The third-order valence-electron chi connectivity index (χ3n) is 5.67. The lowest BCUT2D eigenvalue weighted by Crippen LogP contribution is -2.46. The predicted octanol–water partition coefficient (Wildman–Crippen LogP) is 5.29. The smallest absolute Gasteiger partial charge is 0.231 e. The molecule has 0 unspecified atom stereocenters. The Morgan fingerprint density at radius 1 is 1.22 bits per heavy atom. The summed E-state index contributed by atoms with van der Waals surface area (Å²) in [7, 11) is 0. The second-order valence-corrected chi connectivity index (χ2v) is 9.09. The van der Waals surface area contributed by atoms with Gasteiger partial charge < -0.3 is 4.90 Å². The number of piperidine rings is 1. The van der Waals surface area contributed by atoms with Crippen molar-refractivity contribution >= 4 is 39.1 Å². The zero-order chi connectivity index (χ0) is 19.0. The zero-order valence-electron chi connectivity index (χ0n) is 15.5. The second-order valence-electron chi connectivity index (χ2n) is 7.74. The monoisotopic (exact) mass is 446 g/mol. The van der Waals surface area contributed by atoms with Crippen LogP contribution in [0, 0.1) is 5.92 Å². The van der Waals surface area contributed by atoms with Gasteiger partial charge in [0.15, 0.2) is 0 Å². The number of hydrogen-bond acceptors (Lipinski definition) is 2. The van der Waals surface area contributed by atoms with Crippen molar-refractivity contribution in [2.75, 3.05) is 18.0 Å². The molecule has 0 aliphatic carbocycles. The number of amides is 1. The Kier molecular flexibility index (Phi) is 5.58. The molecular weight excluding hydrogens is 424 g/mol. The molecule has 142 valence electrons. The topological polar surface area (TPSA) is 23.6 Å². The van der Waals surface area contributed by atoms with Crippen LogP contribution < -0.4 is 4.90 Å². The average Bonchev–Trinajstić information content (AvgIpc) is 2.98. The number of likely N-dealkylation sites (tertiary alicyclic amines) is 1.